The Morgan fingerprint density at radius 3 is 2.48 bits per heavy atom. The lowest BCUT2D eigenvalue weighted by Crippen LogP contribution is -2.57. The molecule has 1 aromatic rings. The van der Waals surface area contributed by atoms with E-state index in [9.17, 15) is 4.79 Å². The first-order valence-corrected chi connectivity index (χ1v) is 9.36. The Morgan fingerprint density at radius 1 is 1.33 bits per heavy atom. The number of thiophene rings is 1. The summed E-state index contributed by atoms with van der Waals surface area (Å²) in [5.74, 6) is -0.00592. The summed E-state index contributed by atoms with van der Waals surface area (Å²) in [7, 11) is 2.15. The molecule has 1 aliphatic rings. The van der Waals surface area contributed by atoms with Crippen LogP contribution < -0.4 is 5.32 Å². The van der Waals surface area contributed by atoms with E-state index in [-0.39, 0.29) is 11.4 Å². The van der Waals surface area contributed by atoms with Crippen molar-refractivity contribution in [2.75, 3.05) is 39.8 Å². The van der Waals surface area contributed by atoms with Gasteiger partial charge in [0, 0.05) is 42.7 Å². The molecule has 1 aromatic heterocycles. The quantitative estimate of drug-likeness (QED) is 0.784. The number of nitrogens with one attached hydrogen (secondary N) is 1. The number of carbonyl (C=O) groups is 1. The summed E-state index contributed by atoms with van der Waals surface area (Å²) in [5, 5.41) is 3.06. The van der Waals surface area contributed by atoms with E-state index in [2.05, 4.69) is 67.9 Å². The van der Waals surface area contributed by atoms with Gasteiger partial charge in [-0.25, -0.2) is 0 Å². The van der Waals surface area contributed by atoms with E-state index in [0.29, 0.717) is 6.54 Å². The zero-order valence-corrected chi connectivity index (χ0v) is 16.6. The summed E-state index contributed by atoms with van der Waals surface area (Å²) in [6.45, 7) is 9.32. The van der Waals surface area contributed by atoms with Gasteiger partial charge in [0.15, 0.2) is 0 Å². The fraction of sp³-hybridized carbons (Fsp3) is 0.643. The summed E-state index contributed by atoms with van der Waals surface area (Å²) >= 11 is 8.28. The normalized spacial score (nSPS) is 18.0. The third-order valence-corrected chi connectivity index (χ3v) is 7.16. The molecule has 118 valence electrons. The first kappa shape index (κ1) is 17.4. The van der Waals surface area contributed by atoms with Gasteiger partial charge >= 0.3 is 0 Å². The molecule has 0 atom stereocenters. The van der Waals surface area contributed by atoms with E-state index in [0.717, 1.165) is 39.3 Å². The lowest BCUT2D eigenvalue weighted by Gasteiger charge is -2.43. The van der Waals surface area contributed by atoms with Gasteiger partial charge in [0.2, 0.25) is 0 Å². The number of likely N-dealkylation sites (N-methyl/N-ethyl adjacent to an activating group) is 1. The molecule has 0 radical (unpaired) electrons. The minimum Gasteiger partial charge on any atom is -0.349 e. The highest BCUT2D eigenvalue weighted by Gasteiger charge is 2.29. The van der Waals surface area contributed by atoms with Crippen molar-refractivity contribution < 1.29 is 4.79 Å². The molecule has 7 heteroatoms. The van der Waals surface area contributed by atoms with Crippen molar-refractivity contribution in [2.45, 2.75) is 19.4 Å². The maximum absolute atomic E-state index is 12.2. The minimum absolute atomic E-state index is 0.00592. The third-order valence-electron chi connectivity index (χ3n) is 3.91. The third kappa shape index (κ3) is 4.51. The monoisotopic (exact) mass is 437 g/mol. The van der Waals surface area contributed by atoms with Crippen LogP contribution in [0, 0.1) is 0 Å². The molecular formula is C14H21Br2N3OS. The van der Waals surface area contributed by atoms with Crippen LogP contribution in [-0.4, -0.2) is 61.0 Å². The molecule has 0 aliphatic carbocycles. The maximum Gasteiger partial charge on any atom is 0.261 e. The van der Waals surface area contributed by atoms with Gasteiger partial charge in [-0.15, -0.1) is 11.3 Å². The van der Waals surface area contributed by atoms with Crippen LogP contribution in [0.4, 0.5) is 0 Å². The average molecular weight is 439 g/mol. The lowest BCUT2D eigenvalue weighted by molar-refractivity contribution is 0.0589. The van der Waals surface area contributed by atoms with Crippen LogP contribution in [0.2, 0.25) is 0 Å². The summed E-state index contributed by atoms with van der Waals surface area (Å²) in [5.41, 5.74) is -0.0252. The van der Waals surface area contributed by atoms with Crippen LogP contribution >= 0.6 is 43.2 Å². The Labute approximate surface area is 147 Å². The zero-order chi connectivity index (χ0) is 15.6. The van der Waals surface area contributed by atoms with Crippen molar-refractivity contribution in [3.63, 3.8) is 0 Å². The number of amides is 1. The van der Waals surface area contributed by atoms with E-state index in [1.807, 2.05) is 6.07 Å². The number of hydrogen-bond acceptors (Lipinski definition) is 4. The Balaban J connectivity index is 1.90. The highest BCUT2D eigenvalue weighted by Crippen LogP contribution is 2.32. The van der Waals surface area contributed by atoms with Crippen molar-refractivity contribution in [3.8, 4) is 0 Å². The van der Waals surface area contributed by atoms with Crippen LogP contribution in [0.5, 0.6) is 0 Å². The van der Waals surface area contributed by atoms with Crippen LogP contribution in [0.3, 0.4) is 0 Å². The largest absolute Gasteiger partial charge is 0.349 e. The van der Waals surface area contributed by atoms with Crippen LogP contribution in [0.1, 0.15) is 23.5 Å². The van der Waals surface area contributed by atoms with Gasteiger partial charge in [-0.2, -0.15) is 0 Å². The second-order valence-corrected chi connectivity index (χ2v) is 9.24. The van der Waals surface area contributed by atoms with Crippen molar-refractivity contribution in [1.82, 2.24) is 15.1 Å². The number of hydrogen-bond donors (Lipinski definition) is 1. The summed E-state index contributed by atoms with van der Waals surface area (Å²) in [6.07, 6.45) is 0. The van der Waals surface area contributed by atoms with Crippen LogP contribution in [0.15, 0.2) is 14.3 Å². The second kappa shape index (κ2) is 7.08. The first-order chi connectivity index (χ1) is 9.79. The number of nitrogens with zero attached hydrogens (tertiary/aromatic N) is 2. The number of carbonyl (C=O) groups excluding carboxylic acids is 1. The van der Waals surface area contributed by atoms with Crippen LogP contribution in [0.25, 0.3) is 0 Å². The Morgan fingerprint density at radius 2 is 1.95 bits per heavy atom. The fourth-order valence-corrected chi connectivity index (χ4v) is 4.32. The lowest BCUT2D eigenvalue weighted by atomic mass is 10.0. The predicted octanol–water partition coefficient (Wildman–Crippen LogP) is 3.03. The van der Waals surface area contributed by atoms with E-state index in [1.165, 1.54) is 11.3 Å². The van der Waals surface area contributed by atoms with Gasteiger partial charge in [0.25, 0.3) is 5.91 Å². The SMILES string of the molecule is CN1CCN(C(C)(C)CNC(=O)c2cc(Br)c(Br)s2)CC1. The van der Waals surface area contributed by atoms with E-state index >= 15 is 0 Å². The molecule has 21 heavy (non-hydrogen) atoms. The zero-order valence-electron chi connectivity index (χ0n) is 12.6. The van der Waals surface area contributed by atoms with Crippen molar-refractivity contribution >= 4 is 49.1 Å². The summed E-state index contributed by atoms with van der Waals surface area (Å²) in [6, 6.07) is 1.85. The molecule has 2 rings (SSSR count). The fourth-order valence-electron chi connectivity index (χ4n) is 2.37. The molecule has 1 amide bonds. The smallest absolute Gasteiger partial charge is 0.261 e. The van der Waals surface area contributed by atoms with Gasteiger partial charge in [-0.05, 0) is 58.8 Å². The maximum atomic E-state index is 12.2. The van der Waals surface area contributed by atoms with Gasteiger partial charge in [-0.3, -0.25) is 9.69 Å². The molecular weight excluding hydrogens is 418 g/mol. The summed E-state index contributed by atoms with van der Waals surface area (Å²) in [4.78, 5) is 17.7. The van der Waals surface area contributed by atoms with E-state index < -0.39 is 0 Å². The van der Waals surface area contributed by atoms with Crippen molar-refractivity contribution in [2.24, 2.45) is 0 Å². The molecule has 2 heterocycles. The Bertz CT molecular complexity index is 491. The molecule has 1 fully saturated rings. The molecule has 0 saturated carbocycles. The molecule has 1 N–H and O–H groups in total. The first-order valence-electron chi connectivity index (χ1n) is 6.96. The van der Waals surface area contributed by atoms with Crippen molar-refractivity contribution in [1.29, 1.82) is 0 Å². The standard InChI is InChI=1S/C14H21Br2N3OS/c1-14(2,19-6-4-18(3)5-7-19)9-17-13(20)11-8-10(15)12(16)21-11/h8H,4-7,9H2,1-3H3,(H,17,20). The predicted molar refractivity (Wildman–Crippen MR) is 95.2 cm³/mol. The highest BCUT2D eigenvalue weighted by atomic mass is 79.9. The summed E-state index contributed by atoms with van der Waals surface area (Å²) < 4.78 is 1.88. The van der Waals surface area contributed by atoms with Crippen LogP contribution in [-0.2, 0) is 0 Å². The van der Waals surface area contributed by atoms with Gasteiger partial charge in [0.1, 0.15) is 0 Å². The van der Waals surface area contributed by atoms with E-state index in [1.54, 1.807) is 0 Å². The molecule has 4 nitrogen and oxygen atoms in total. The molecule has 1 saturated heterocycles. The number of piperazine rings is 1. The molecule has 1 aliphatic heterocycles. The van der Waals surface area contributed by atoms with E-state index in [4.69, 9.17) is 0 Å². The van der Waals surface area contributed by atoms with Gasteiger partial charge < -0.3 is 10.2 Å². The Kier molecular flexibility index (Phi) is 5.87. The van der Waals surface area contributed by atoms with Gasteiger partial charge in [-0.1, -0.05) is 0 Å². The average Bonchev–Trinajstić information content (AvgIpc) is 2.77. The molecule has 0 aromatic carbocycles. The molecule has 0 bridgehead atoms. The highest BCUT2D eigenvalue weighted by molar-refractivity contribution is 9.13. The number of rotatable bonds is 4. The minimum atomic E-state index is -0.0252. The van der Waals surface area contributed by atoms with Crippen molar-refractivity contribution in [3.05, 3.63) is 19.2 Å². The second-order valence-electron chi connectivity index (χ2n) is 6.02. The molecule has 0 spiro atoms. The Hall–Kier alpha value is 0.0500. The van der Waals surface area contributed by atoms with Gasteiger partial charge in [0.05, 0.1) is 8.66 Å². The number of halogens is 2. The topological polar surface area (TPSA) is 35.6 Å². The molecule has 0 unspecified atom stereocenters.